The second-order valence-corrected chi connectivity index (χ2v) is 9.10. The summed E-state index contributed by atoms with van der Waals surface area (Å²) in [6, 6.07) is 12.4. The van der Waals surface area contributed by atoms with Crippen molar-refractivity contribution in [1.82, 2.24) is 0 Å². The second kappa shape index (κ2) is 11.6. The third-order valence-electron chi connectivity index (χ3n) is 6.65. The van der Waals surface area contributed by atoms with Gasteiger partial charge >= 0.3 is 0 Å². The average Bonchev–Trinajstić information content (AvgIpc) is 2.89. The molecule has 1 atom stereocenters. The Morgan fingerprint density at radius 3 is 1.97 bits per heavy atom. The summed E-state index contributed by atoms with van der Waals surface area (Å²) in [5.41, 5.74) is 2.20. The van der Waals surface area contributed by atoms with E-state index in [4.69, 9.17) is 4.74 Å². The summed E-state index contributed by atoms with van der Waals surface area (Å²) in [7, 11) is 0. The van der Waals surface area contributed by atoms with Crippen LogP contribution in [0.15, 0.2) is 66.8 Å². The third kappa shape index (κ3) is 5.40. The molecule has 1 aliphatic carbocycles. The molecule has 188 valence electrons. The van der Waals surface area contributed by atoms with E-state index in [9.17, 15) is 8.78 Å². The Labute approximate surface area is 210 Å². The van der Waals surface area contributed by atoms with Crippen molar-refractivity contribution in [3.63, 3.8) is 0 Å². The maximum absolute atomic E-state index is 15.1. The molecule has 0 spiro atoms. The van der Waals surface area contributed by atoms with E-state index in [1.54, 1.807) is 36.4 Å². The van der Waals surface area contributed by atoms with Crippen molar-refractivity contribution in [3.05, 3.63) is 95.6 Å². The highest BCUT2D eigenvalue weighted by atomic mass is 19.2. The molecule has 36 heavy (non-hydrogen) atoms. The van der Waals surface area contributed by atoms with Crippen molar-refractivity contribution in [2.24, 2.45) is 5.92 Å². The molecule has 3 aromatic carbocycles. The van der Waals surface area contributed by atoms with Crippen LogP contribution in [0.1, 0.15) is 51.5 Å². The van der Waals surface area contributed by atoms with Gasteiger partial charge in [0.05, 0.1) is 6.61 Å². The van der Waals surface area contributed by atoms with Gasteiger partial charge in [0.15, 0.2) is 23.2 Å². The highest BCUT2D eigenvalue weighted by molar-refractivity contribution is 5.74. The molecular formula is C31H30F4O. The second-order valence-electron chi connectivity index (χ2n) is 9.10. The van der Waals surface area contributed by atoms with Gasteiger partial charge in [-0.3, -0.25) is 0 Å². The van der Waals surface area contributed by atoms with E-state index in [0.717, 1.165) is 31.3 Å². The Bertz CT molecular complexity index is 1270. The van der Waals surface area contributed by atoms with E-state index < -0.39 is 23.3 Å². The predicted molar refractivity (Wildman–Crippen MR) is 138 cm³/mol. The van der Waals surface area contributed by atoms with Crippen LogP contribution in [0.2, 0.25) is 0 Å². The average molecular weight is 495 g/mol. The topological polar surface area (TPSA) is 9.23 Å². The minimum Gasteiger partial charge on any atom is -0.490 e. The highest BCUT2D eigenvalue weighted by Crippen LogP contribution is 2.36. The quantitative estimate of drug-likeness (QED) is 0.172. The smallest absolute Gasteiger partial charge is 0.201 e. The van der Waals surface area contributed by atoms with Gasteiger partial charge in [0.25, 0.3) is 0 Å². The van der Waals surface area contributed by atoms with Crippen molar-refractivity contribution in [2.45, 2.75) is 46.0 Å². The van der Waals surface area contributed by atoms with Crippen LogP contribution in [0.25, 0.3) is 27.8 Å². The number of halogens is 4. The van der Waals surface area contributed by atoms with Crippen molar-refractivity contribution in [2.75, 3.05) is 6.61 Å². The Balaban J connectivity index is 1.56. The fraction of sp³-hybridized carbons (Fsp3) is 0.290. The van der Waals surface area contributed by atoms with Gasteiger partial charge < -0.3 is 4.74 Å². The molecule has 0 fully saturated rings. The Hall–Kier alpha value is -3.34. The van der Waals surface area contributed by atoms with Gasteiger partial charge in [-0.1, -0.05) is 68.0 Å². The van der Waals surface area contributed by atoms with Crippen molar-refractivity contribution in [1.29, 1.82) is 0 Å². The largest absolute Gasteiger partial charge is 0.490 e. The van der Waals surface area contributed by atoms with Gasteiger partial charge in [0, 0.05) is 16.7 Å². The van der Waals surface area contributed by atoms with Gasteiger partial charge in [-0.2, -0.15) is 4.39 Å². The summed E-state index contributed by atoms with van der Waals surface area (Å²) >= 11 is 0. The predicted octanol–water partition coefficient (Wildman–Crippen LogP) is 9.52. The highest BCUT2D eigenvalue weighted by Gasteiger charge is 2.21. The van der Waals surface area contributed by atoms with Crippen LogP contribution in [0.3, 0.4) is 0 Å². The minimum atomic E-state index is -1.04. The third-order valence-corrected chi connectivity index (χ3v) is 6.65. The zero-order valence-electron chi connectivity index (χ0n) is 20.6. The lowest BCUT2D eigenvalue weighted by atomic mass is 9.85. The molecule has 3 aromatic rings. The van der Waals surface area contributed by atoms with E-state index in [-0.39, 0.29) is 16.9 Å². The molecule has 0 amide bonds. The summed E-state index contributed by atoms with van der Waals surface area (Å²) in [5, 5.41) is 0. The molecule has 1 aliphatic rings. The lowest BCUT2D eigenvalue weighted by Gasteiger charge is -2.20. The van der Waals surface area contributed by atoms with Gasteiger partial charge in [-0.05, 0) is 67.4 Å². The van der Waals surface area contributed by atoms with E-state index in [0.29, 0.717) is 35.6 Å². The van der Waals surface area contributed by atoms with Crippen molar-refractivity contribution >= 4 is 5.57 Å². The summed E-state index contributed by atoms with van der Waals surface area (Å²) in [5.74, 6) is -3.50. The maximum atomic E-state index is 15.1. The Kier molecular flexibility index (Phi) is 8.29. The van der Waals surface area contributed by atoms with Crippen LogP contribution < -0.4 is 4.74 Å². The molecule has 4 rings (SSSR count). The zero-order chi connectivity index (χ0) is 25.7. The summed E-state index contributed by atoms with van der Waals surface area (Å²) < 4.78 is 64.6. The molecule has 5 heteroatoms. The van der Waals surface area contributed by atoms with Gasteiger partial charge in [0.1, 0.15) is 0 Å². The monoisotopic (exact) mass is 494 g/mol. The molecule has 0 saturated carbocycles. The number of hydrogen-bond donors (Lipinski definition) is 0. The molecule has 0 radical (unpaired) electrons. The van der Waals surface area contributed by atoms with Gasteiger partial charge in [-0.25, -0.2) is 13.2 Å². The number of allylic oxidation sites excluding steroid dienone is 4. The van der Waals surface area contributed by atoms with Crippen LogP contribution in [-0.4, -0.2) is 6.61 Å². The van der Waals surface area contributed by atoms with E-state index >= 15 is 8.78 Å². The van der Waals surface area contributed by atoms with Crippen molar-refractivity contribution < 1.29 is 22.3 Å². The van der Waals surface area contributed by atoms with Gasteiger partial charge in [0.2, 0.25) is 5.82 Å². The molecule has 1 nitrogen and oxygen atoms in total. The normalized spacial score (nSPS) is 15.8. The Morgan fingerprint density at radius 1 is 0.806 bits per heavy atom. The molecular weight excluding hydrogens is 464 g/mol. The number of hydrogen-bond acceptors (Lipinski definition) is 1. The lowest BCUT2D eigenvalue weighted by Crippen LogP contribution is -2.05. The molecule has 0 heterocycles. The van der Waals surface area contributed by atoms with E-state index in [1.165, 1.54) is 12.1 Å². The van der Waals surface area contributed by atoms with Crippen LogP contribution >= 0.6 is 0 Å². The van der Waals surface area contributed by atoms with E-state index in [2.05, 4.69) is 6.08 Å². The van der Waals surface area contributed by atoms with Crippen LogP contribution in [0.5, 0.6) is 5.75 Å². The SMILES string of the molecule is CC=CC1CC=C(c2ccc(-c3ccc(-c4ccc(OCCCC)c(F)c4F)cc3)c(F)c2F)CC1. The number of unbranched alkanes of at least 4 members (excludes halogenated alkanes) is 1. The van der Waals surface area contributed by atoms with Crippen LogP contribution in [0, 0.1) is 29.2 Å². The standard InChI is InChI=1S/C31H30F4O/c1-3-5-19-36-27-18-17-26(30(34)31(27)35)23-13-11-22(12-14-23)25-16-15-24(28(32)29(25)33)21-9-7-20(6-4-2)8-10-21/h4,6,9,11-18,20H,3,5,7-8,10,19H2,1-2H3. The zero-order valence-corrected chi connectivity index (χ0v) is 20.6. The number of ether oxygens (including phenoxy) is 1. The molecule has 0 aromatic heterocycles. The fourth-order valence-electron chi connectivity index (χ4n) is 4.59. The molecule has 1 unspecified atom stereocenters. The Morgan fingerprint density at radius 2 is 1.39 bits per heavy atom. The van der Waals surface area contributed by atoms with Crippen LogP contribution in [-0.2, 0) is 0 Å². The summed E-state index contributed by atoms with van der Waals surface area (Å²) in [4.78, 5) is 0. The van der Waals surface area contributed by atoms with Crippen molar-refractivity contribution in [3.8, 4) is 28.0 Å². The van der Waals surface area contributed by atoms with E-state index in [1.807, 2.05) is 26.0 Å². The lowest BCUT2D eigenvalue weighted by molar-refractivity contribution is 0.289. The first-order valence-corrected chi connectivity index (χ1v) is 12.5. The number of rotatable bonds is 8. The molecule has 0 saturated heterocycles. The maximum Gasteiger partial charge on any atom is 0.201 e. The summed E-state index contributed by atoms with van der Waals surface area (Å²) in [6.45, 7) is 4.28. The first-order chi connectivity index (χ1) is 17.4. The van der Waals surface area contributed by atoms with Gasteiger partial charge in [-0.15, -0.1) is 0 Å². The molecule has 0 aliphatic heterocycles. The molecule has 0 bridgehead atoms. The molecule has 0 N–H and O–H groups in total. The minimum absolute atomic E-state index is 0.0735. The first-order valence-electron chi connectivity index (χ1n) is 12.5. The fourth-order valence-corrected chi connectivity index (χ4v) is 4.59. The first kappa shape index (κ1) is 25.7. The van der Waals surface area contributed by atoms with Crippen LogP contribution in [0.4, 0.5) is 17.6 Å². The summed E-state index contributed by atoms with van der Waals surface area (Å²) in [6.07, 6.45) is 10.2. The number of benzene rings is 3.